The van der Waals surface area contributed by atoms with Gasteiger partial charge in [0.1, 0.15) is 12.3 Å². The van der Waals surface area contributed by atoms with Crippen LogP contribution in [0.3, 0.4) is 0 Å². The molecule has 0 bridgehead atoms. The maximum Gasteiger partial charge on any atom is 0.344 e. The Morgan fingerprint density at radius 1 is 1.41 bits per heavy atom. The fourth-order valence-corrected chi connectivity index (χ4v) is 1.25. The van der Waals surface area contributed by atoms with E-state index in [9.17, 15) is 9.70 Å². The van der Waals surface area contributed by atoms with Crippen molar-refractivity contribution in [1.82, 2.24) is 0 Å². The number of esters is 1. The molecular formula is C12H15NO4. The lowest BCUT2D eigenvalue weighted by Gasteiger charge is -2.09. The van der Waals surface area contributed by atoms with Crippen LogP contribution in [0.2, 0.25) is 0 Å². The number of nitrogens with zero attached hydrogens (tertiary/aromatic N) is 1. The number of carbonyl (C=O) groups is 1. The molecule has 0 N–H and O–H groups in total. The van der Waals surface area contributed by atoms with Crippen LogP contribution in [0.1, 0.15) is 19.4 Å². The molecule has 0 radical (unpaired) electrons. The zero-order valence-corrected chi connectivity index (χ0v) is 9.88. The third kappa shape index (κ3) is 5.10. The molecule has 1 aromatic rings. The van der Waals surface area contributed by atoms with Crippen LogP contribution in [0.5, 0.6) is 5.75 Å². The van der Waals surface area contributed by atoms with Gasteiger partial charge in [0, 0.05) is 0 Å². The van der Waals surface area contributed by atoms with Crippen LogP contribution in [0.4, 0.5) is 0 Å². The first-order valence-corrected chi connectivity index (χ1v) is 5.32. The maximum atomic E-state index is 11.2. The third-order valence-electron chi connectivity index (χ3n) is 1.87. The number of carbonyl (C=O) groups excluding carboxylic acids is 1. The van der Waals surface area contributed by atoms with E-state index in [-0.39, 0.29) is 19.3 Å². The molecule has 0 saturated heterocycles. The van der Waals surface area contributed by atoms with E-state index in [2.05, 4.69) is 5.18 Å². The van der Waals surface area contributed by atoms with Gasteiger partial charge in [-0.25, -0.2) is 4.79 Å². The summed E-state index contributed by atoms with van der Waals surface area (Å²) in [6, 6.07) is 6.88. The Balaban J connectivity index is 2.48. The summed E-state index contributed by atoms with van der Waals surface area (Å²) in [5.41, 5.74) is 0.745. The molecule has 0 atom stereocenters. The molecule has 1 aromatic carbocycles. The lowest BCUT2D eigenvalue weighted by molar-refractivity contribution is -0.149. The smallest absolute Gasteiger partial charge is 0.344 e. The molecule has 0 aliphatic rings. The van der Waals surface area contributed by atoms with Gasteiger partial charge in [-0.15, -0.1) is 0 Å². The van der Waals surface area contributed by atoms with Crippen molar-refractivity contribution < 1.29 is 14.3 Å². The van der Waals surface area contributed by atoms with Crippen LogP contribution >= 0.6 is 0 Å². The van der Waals surface area contributed by atoms with Crippen LogP contribution in [0.15, 0.2) is 29.4 Å². The van der Waals surface area contributed by atoms with E-state index in [0.29, 0.717) is 5.75 Å². The summed E-state index contributed by atoms with van der Waals surface area (Å²) < 4.78 is 10.2. The Kier molecular flexibility index (Phi) is 5.13. The highest BCUT2D eigenvalue weighted by Gasteiger charge is 2.06. The van der Waals surface area contributed by atoms with Gasteiger partial charge in [-0.05, 0) is 31.5 Å². The molecule has 5 heteroatoms. The zero-order valence-electron chi connectivity index (χ0n) is 9.88. The summed E-state index contributed by atoms with van der Waals surface area (Å²) in [5.74, 6) is 0.103. The molecule has 5 nitrogen and oxygen atoms in total. The number of benzene rings is 1. The number of hydrogen-bond donors (Lipinski definition) is 0. The van der Waals surface area contributed by atoms with Crippen molar-refractivity contribution in [2.24, 2.45) is 5.18 Å². The fraction of sp³-hybridized carbons (Fsp3) is 0.417. The minimum atomic E-state index is -0.418. The molecule has 92 valence electrons. The van der Waals surface area contributed by atoms with Crippen molar-refractivity contribution in [2.45, 2.75) is 26.5 Å². The van der Waals surface area contributed by atoms with Gasteiger partial charge >= 0.3 is 5.97 Å². The van der Waals surface area contributed by atoms with Crippen LogP contribution in [-0.2, 0) is 16.1 Å². The topological polar surface area (TPSA) is 65.0 Å². The van der Waals surface area contributed by atoms with Crippen molar-refractivity contribution in [3.05, 3.63) is 34.7 Å². The molecule has 0 aliphatic carbocycles. The second-order valence-electron chi connectivity index (χ2n) is 3.76. The lowest BCUT2D eigenvalue weighted by Crippen LogP contribution is -2.18. The van der Waals surface area contributed by atoms with Gasteiger partial charge in [0.2, 0.25) is 0 Å². The van der Waals surface area contributed by atoms with E-state index in [1.165, 1.54) is 0 Å². The maximum absolute atomic E-state index is 11.2. The molecule has 1 rings (SSSR count). The van der Waals surface area contributed by atoms with Crippen molar-refractivity contribution in [3.8, 4) is 5.75 Å². The molecular weight excluding hydrogens is 222 g/mol. The number of ether oxygens (including phenoxy) is 2. The van der Waals surface area contributed by atoms with E-state index in [0.717, 1.165) is 5.56 Å². The molecule has 0 amide bonds. The third-order valence-corrected chi connectivity index (χ3v) is 1.87. The van der Waals surface area contributed by atoms with E-state index >= 15 is 0 Å². The highest BCUT2D eigenvalue weighted by atomic mass is 16.6. The Bertz CT molecular complexity index is 390. The predicted molar refractivity (Wildman–Crippen MR) is 62.7 cm³/mol. The monoisotopic (exact) mass is 237 g/mol. The van der Waals surface area contributed by atoms with Crippen LogP contribution in [0, 0.1) is 4.91 Å². The minimum Gasteiger partial charge on any atom is -0.482 e. The predicted octanol–water partition coefficient (Wildman–Crippen LogP) is 2.28. The summed E-state index contributed by atoms with van der Waals surface area (Å²) in [6.07, 6.45) is -0.156. The van der Waals surface area contributed by atoms with Gasteiger partial charge in [0.05, 0.1) is 6.10 Å². The molecule has 0 spiro atoms. The van der Waals surface area contributed by atoms with Crippen molar-refractivity contribution in [1.29, 1.82) is 0 Å². The highest BCUT2D eigenvalue weighted by molar-refractivity contribution is 5.71. The summed E-state index contributed by atoms with van der Waals surface area (Å²) in [4.78, 5) is 21.3. The van der Waals surface area contributed by atoms with Crippen molar-refractivity contribution >= 4 is 5.97 Å². The van der Waals surface area contributed by atoms with Crippen LogP contribution < -0.4 is 4.74 Å². The normalized spacial score (nSPS) is 10.1. The number of rotatable bonds is 6. The van der Waals surface area contributed by atoms with Crippen LogP contribution in [0.25, 0.3) is 0 Å². The van der Waals surface area contributed by atoms with E-state index < -0.39 is 5.97 Å². The summed E-state index contributed by atoms with van der Waals surface area (Å²) in [7, 11) is 0. The van der Waals surface area contributed by atoms with Crippen molar-refractivity contribution in [2.75, 3.05) is 6.61 Å². The Hall–Kier alpha value is -1.91. The standard InChI is InChI=1S/C12H15NO4/c1-9(2)17-12(14)8-16-11-5-3-4-10(6-11)7-13-15/h3-6,9H,7-8H2,1-2H3. The fourth-order valence-electron chi connectivity index (χ4n) is 1.25. The summed E-state index contributed by atoms with van der Waals surface area (Å²) in [6.45, 7) is 3.49. The van der Waals surface area contributed by atoms with Gasteiger partial charge in [-0.1, -0.05) is 17.3 Å². The van der Waals surface area contributed by atoms with Crippen LogP contribution in [-0.4, -0.2) is 18.7 Å². The number of nitroso groups, excluding NO2 is 1. The van der Waals surface area contributed by atoms with E-state index in [1.807, 2.05) is 0 Å². The van der Waals surface area contributed by atoms with E-state index in [1.54, 1.807) is 38.1 Å². The lowest BCUT2D eigenvalue weighted by atomic mass is 10.2. The Morgan fingerprint density at radius 2 is 2.18 bits per heavy atom. The molecule has 17 heavy (non-hydrogen) atoms. The Morgan fingerprint density at radius 3 is 2.82 bits per heavy atom. The molecule has 0 heterocycles. The quantitative estimate of drug-likeness (QED) is 0.562. The number of hydrogen-bond acceptors (Lipinski definition) is 5. The minimum absolute atomic E-state index is 0.0909. The van der Waals surface area contributed by atoms with Gasteiger partial charge < -0.3 is 9.47 Å². The van der Waals surface area contributed by atoms with Crippen molar-refractivity contribution in [3.63, 3.8) is 0 Å². The molecule has 0 saturated carbocycles. The van der Waals surface area contributed by atoms with E-state index in [4.69, 9.17) is 9.47 Å². The SMILES string of the molecule is CC(C)OC(=O)COc1cccc(CN=O)c1. The van der Waals surface area contributed by atoms with Gasteiger partial charge in [-0.2, -0.15) is 4.91 Å². The summed E-state index contributed by atoms with van der Waals surface area (Å²) in [5, 5.41) is 2.78. The molecule has 0 unspecified atom stereocenters. The molecule has 0 aromatic heterocycles. The average molecular weight is 237 g/mol. The highest BCUT2D eigenvalue weighted by Crippen LogP contribution is 2.14. The second-order valence-corrected chi connectivity index (χ2v) is 3.76. The molecule has 0 fully saturated rings. The average Bonchev–Trinajstić information content (AvgIpc) is 2.26. The zero-order chi connectivity index (χ0) is 12.7. The first-order valence-electron chi connectivity index (χ1n) is 5.32. The second kappa shape index (κ2) is 6.62. The Labute approximate surface area is 99.7 Å². The van der Waals surface area contributed by atoms with Gasteiger partial charge in [0.15, 0.2) is 6.61 Å². The van der Waals surface area contributed by atoms with Gasteiger partial charge in [-0.3, -0.25) is 0 Å². The molecule has 0 aliphatic heterocycles. The largest absolute Gasteiger partial charge is 0.482 e. The summed E-state index contributed by atoms with van der Waals surface area (Å²) >= 11 is 0. The van der Waals surface area contributed by atoms with Gasteiger partial charge in [0.25, 0.3) is 0 Å². The first kappa shape index (κ1) is 13.2. The first-order chi connectivity index (χ1) is 8.11.